The first-order valence-corrected chi connectivity index (χ1v) is 10.2. The van der Waals surface area contributed by atoms with Gasteiger partial charge in [-0.1, -0.05) is 38.1 Å². The van der Waals surface area contributed by atoms with Crippen molar-refractivity contribution >= 4 is 5.97 Å². The zero-order valence-corrected chi connectivity index (χ0v) is 17.8. The van der Waals surface area contributed by atoms with E-state index in [1.165, 1.54) is 0 Å². The topological polar surface area (TPSA) is 94.7 Å². The number of rotatable bonds is 9. The highest BCUT2D eigenvalue weighted by molar-refractivity contribution is 5.72. The third-order valence-electron chi connectivity index (χ3n) is 4.85. The maximum absolute atomic E-state index is 14.4. The second-order valence-corrected chi connectivity index (χ2v) is 7.14. The van der Waals surface area contributed by atoms with Gasteiger partial charge in [-0.25, -0.2) is 13.6 Å². The van der Waals surface area contributed by atoms with E-state index in [0.717, 1.165) is 22.3 Å². The van der Waals surface area contributed by atoms with Crippen LogP contribution in [0.1, 0.15) is 31.4 Å². The number of hydrogen-bond acceptors (Lipinski definition) is 5. The van der Waals surface area contributed by atoms with Gasteiger partial charge in [-0.15, -0.1) is 0 Å². The summed E-state index contributed by atoms with van der Waals surface area (Å²) in [6.45, 7) is 3.93. The highest BCUT2D eigenvalue weighted by Crippen LogP contribution is 2.32. The molecule has 1 atom stereocenters. The van der Waals surface area contributed by atoms with Crippen LogP contribution in [-0.4, -0.2) is 22.2 Å². The first-order valence-electron chi connectivity index (χ1n) is 10.2. The minimum absolute atomic E-state index is 0.0772. The van der Waals surface area contributed by atoms with Gasteiger partial charge in [-0.3, -0.25) is 0 Å². The Morgan fingerprint density at radius 1 is 1.03 bits per heavy atom. The van der Waals surface area contributed by atoms with Crippen LogP contribution in [0, 0.1) is 11.6 Å². The van der Waals surface area contributed by atoms with E-state index in [1.54, 1.807) is 19.1 Å². The van der Waals surface area contributed by atoms with Gasteiger partial charge in [0, 0.05) is 12.6 Å². The van der Waals surface area contributed by atoms with Gasteiger partial charge in [0.25, 0.3) is 11.8 Å². The van der Waals surface area contributed by atoms with Gasteiger partial charge in [0.15, 0.2) is 17.7 Å². The van der Waals surface area contributed by atoms with Crippen LogP contribution < -0.4 is 15.2 Å². The molecule has 0 saturated carbocycles. The van der Waals surface area contributed by atoms with Crippen molar-refractivity contribution < 1.29 is 28.2 Å². The van der Waals surface area contributed by atoms with Gasteiger partial charge in [0.05, 0.1) is 0 Å². The molecule has 3 N–H and O–H groups in total. The van der Waals surface area contributed by atoms with Crippen LogP contribution in [0.25, 0.3) is 11.1 Å². The number of pyridine rings is 1. The summed E-state index contributed by atoms with van der Waals surface area (Å²) in [6, 6.07) is 13.7. The zero-order valence-electron chi connectivity index (χ0n) is 17.8. The Morgan fingerprint density at radius 3 is 2.41 bits per heavy atom. The molecule has 0 aliphatic carbocycles. The third kappa shape index (κ3) is 5.39. The molecule has 0 aliphatic rings. The average molecular weight is 442 g/mol. The molecule has 2 aromatic carbocycles. The van der Waals surface area contributed by atoms with Crippen LogP contribution in [0.2, 0.25) is 0 Å². The summed E-state index contributed by atoms with van der Waals surface area (Å²) in [5.41, 5.74) is 9.39. The molecule has 0 aliphatic heterocycles. The molecule has 0 radical (unpaired) electrons. The number of carboxylic acid groups (broad SMARTS) is 1. The van der Waals surface area contributed by atoms with Crippen molar-refractivity contribution in [2.45, 2.75) is 39.3 Å². The Balaban J connectivity index is 1.97. The highest BCUT2D eigenvalue weighted by atomic mass is 19.1. The van der Waals surface area contributed by atoms with Crippen molar-refractivity contribution in [3.05, 3.63) is 71.3 Å². The summed E-state index contributed by atoms with van der Waals surface area (Å²) in [6.07, 6.45) is -0.542. The lowest BCUT2D eigenvalue weighted by molar-refractivity contribution is -0.145. The molecule has 3 aromatic rings. The van der Waals surface area contributed by atoms with E-state index < -0.39 is 35.5 Å². The summed E-state index contributed by atoms with van der Waals surface area (Å²) < 4.78 is 39.2. The van der Waals surface area contributed by atoms with Crippen molar-refractivity contribution in [3.8, 4) is 28.6 Å². The number of aryl methyl sites for hydroxylation is 1. The lowest BCUT2D eigenvalue weighted by Gasteiger charge is -2.15. The Hall–Kier alpha value is -3.52. The minimum atomic E-state index is -1.32. The predicted molar refractivity (Wildman–Crippen MR) is 116 cm³/mol. The molecule has 0 amide bonds. The summed E-state index contributed by atoms with van der Waals surface area (Å²) in [4.78, 5) is 14.9. The van der Waals surface area contributed by atoms with E-state index in [9.17, 15) is 13.6 Å². The standard InChI is InChI=1S/C24H24F2N2O4/c1-3-14-8-17(16-7-5-6-15(9-16)13-27)11-18(10-14)31-22-19(25)12-20(26)23(28-22)32-21(4-2)24(29)30/h5-12,21H,3-4,13,27H2,1-2H3,(H,29,30)/t21-/m1/s1. The molecular weight excluding hydrogens is 418 g/mol. The number of aliphatic carboxylic acids is 1. The quantitative estimate of drug-likeness (QED) is 0.480. The second-order valence-electron chi connectivity index (χ2n) is 7.14. The summed E-state index contributed by atoms with van der Waals surface area (Å²) in [5.74, 6) is -4.29. The lowest BCUT2D eigenvalue weighted by atomic mass is 10.00. The number of carboxylic acids is 1. The molecule has 1 aromatic heterocycles. The monoisotopic (exact) mass is 442 g/mol. The molecular formula is C24H24F2N2O4. The first kappa shape index (κ1) is 23.1. The largest absolute Gasteiger partial charge is 0.479 e. The van der Waals surface area contributed by atoms with Crippen molar-refractivity contribution in [3.63, 3.8) is 0 Å². The van der Waals surface area contributed by atoms with Crippen LogP contribution in [0.15, 0.2) is 48.5 Å². The number of hydrogen-bond donors (Lipinski definition) is 2. The van der Waals surface area contributed by atoms with Crippen LogP contribution in [-0.2, 0) is 17.8 Å². The molecule has 8 heteroatoms. The molecule has 32 heavy (non-hydrogen) atoms. The Labute approximate surface area is 184 Å². The molecule has 6 nitrogen and oxygen atoms in total. The van der Waals surface area contributed by atoms with Crippen molar-refractivity contribution in [2.75, 3.05) is 0 Å². The Morgan fingerprint density at radius 2 is 1.75 bits per heavy atom. The fourth-order valence-electron chi connectivity index (χ4n) is 3.11. The zero-order chi connectivity index (χ0) is 23.3. The average Bonchev–Trinajstić information content (AvgIpc) is 2.79. The molecule has 0 fully saturated rings. The van der Waals surface area contributed by atoms with Crippen LogP contribution in [0.5, 0.6) is 17.5 Å². The lowest BCUT2D eigenvalue weighted by Crippen LogP contribution is -2.26. The molecule has 0 spiro atoms. The third-order valence-corrected chi connectivity index (χ3v) is 4.85. The van der Waals surface area contributed by atoms with E-state index in [4.69, 9.17) is 20.3 Å². The maximum Gasteiger partial charge on any atom is 0.344 e. The number of nitrogens with zero attached hydrogens (tertiary/aromatic N) is 1. The van der Waals surface area contributed by atoms with E-state index in [-0.39, 0.29) is 6.42 Å². The molecule has 3 rings (SSSR count). The van der Waals surface area contributed by atoms with Gasteiger partial charge in [-0.05, 0) is 53.3 Å². The summed E-state index contributed by atoms with van der Waals surface area (Å²) >= 11 is 0. The van der Waals surface area contributed by atoms with Crippen molar-refractivity contribution in [2.24, 2.45) is 5.73 Å². The van der Waals surface area contributed by atoms with Gasteiger partial charge < -0.3 is 20.3 Å². The molecule has 0 bridgehead atoms. The SMILES string of the molecule is CCc1cc(Oc2nc(O[C@H](CC)C(=O)O)c(F)cc2F)cc(-c2cccc(CN)c2)c1. The van der Waals surface area contributed by atoms with E-state index >= 15 is 0 Å². The second kappa shape index (κ2) is 10.2. The van der Waals surface area contributed by atoms with Crippen LogP contribution in [0.4, 0.5) is 8.78 Å². The normalized spacial score (nSPS) is 11.8. The van der Waals surface area contributed by atoms with E-state index in [1.807, 2.05) is 37.3 Å². The first-order chi connectivity index (χ1) is 15.3. The highest BCUT2D eigenvalue weighted by Gasteiger charge is 2.22. The van der Waals surface area contributed by atoms with Gasteiger partial charge in [0.2, 0.25) is 0 Å². The van der Waals surface area contributed by atoms with Gasteiger partial charge in [0.1, 0.15) is 5.75 Å². The number of aromatic nitrogens is 1. The summed E-state index contributed by atoms with van der Waals surface area (Å²) in [7, 11) is 0. The predicted octanol–water partition coefficient (Wildman–Crippen LogP) is 5.08. The van der Waals surface area contributed by atoms with Gasteiger partial charge >= 0.3 is 5.97 Å². The molecule has 1 heterocycles. The van der Waals surface area contributed by atoms with E-state index in [0.29, 0.717) is 24.8 Å². The van der Waals surface area contributed by atoms with Crippen LogP contribution >= 0.6 is 0 Å². The number of halogens is 2. The number of carbonyl (C=O) groups is 1. The fourth-order valence-corrected chi connectivity index (χ4v) is 3.11. The van der Waals surface area contributed by atoms with E-state index in [2.05, 4.69) is 4.98 Å². The Bertz CT molecular complexity index is 1120. The van der Waals surface area contributed by atoms with Crippen molar-refractivity contribution in [1.82, 2.24) is 4.98 Å². The molecule has 168 valence electrons. The smallest absolute Gasteiger partial charge is 0.344 e. The Kier molecular flexibility index (Phi) is 7.37. The molecule has 0 saturated heterocycles. The maximum atomic E-state index is 14.4. The molecule has 0 unspecified atom stereocenters. The number of benzene rings is 2. The van der Waals surface area contributed by atoms with Crippen molar-refractivity contribution in [1.29, 1.82) is 0 Å². The summed E-state index contributed by atoms with van der Waals surface area (Å²) in [5, 5.41) is 9.13. The number of ether oxygens (including phenoxy) is 2. The van der Waals surface area contributed by atoms with Gasteiger partial charge in [-0.2, -0.15) is 4.98 Å². The number of nitrogens with two attached hydrogens (primary N) is 1. The van der Waals surface area contributed by atoms with Crippen LogP contribution in [0.3, 0.4) is 0 Å². The minimum Gasteiger partial charge on any atom is -0.479 e. The fraction of sp³-hybridized carbons (Fsp3) is 0.250.